The minimum atomic E-state index is -5.08. The number of amides is 1. The first kappa shape index (κ1) is 26.2. The van der Waals surface area contributed by atoms with Gasteiger partial charge in [0.2, 0.25) is 5.91 Å². The van der Waals surface area contributed by atoms with Gasteiger partial charge in [-0.25, -0.2) is 4.79 Å². The SMILES string of the molecule is COc1cccc(CC(=O)N2CC3(CCC(CN4CCOCC4)CO3)C2)c1.O=C(O)C(F)(F)F. The van der Waals surface area contributed by atoms with Crippen molar-refractivity contribution in [2.45, 2.75) is 31.0 Å². The van der Waals surface area contributed by atoms with Gasteiger partial charge in [-0.1, -0.05) is 12.1 Å². The highest BCUT2D eigenvalue weighted by molar-refractivity contribution is 5.80. The summed E-state index contributed by atoms with van der Waals surface area (Å²) >= 11 is 0. The molecule has 34 heavy (non-hydrogen) atoms. The molecular weight excluding hydrogens is 457 g/mol. The topological polar surface area (TPSA) is 88.5 Å². The summed E-state index contributed by atoms with van der Waals surface area (Å²) in [5.74, 6) is -1.18. The highest BCUT2D eigenvalue weighted by Gasteiger charge is 2.48. The number of hydrogen-bond donors (Lipinski definition) is 1. The van der Waals surface area contributed by atoms with Crippen molar-refractivity contribution in [1.29, 1.82) is 0 Å². The third-order valence-electron chi connectivity index (χ3n) is 6.30. The molecule has 0 radical (unpaired) electrons. The quantitative estimate of drug-likeness (QED) is 0.680. The molecule has 1 unspecified atom stereocenters. The number of carboxylic acid groups (broad SMARTS) is 1. The summed E-state index contributed by atoms with van der Waals surface area (Å²) in [5.41, 5.74) is 0.904. The molecule has 3 fully saturated rings. The lowest BCUT2D eigenvalue weighted by atomic mass is 9.82. The maximum absolute atomic E-state index is 12.6. The van der Waals surface area contributed by atoms with Gasteiger partial charge in [0.05, 0.1) is 46.4 Å². The zero-order chi connectivity index (χ0) is 24.8. The molecule has 0 bridgehead atoms. The molecule has 1 aromatic carbocycles. The number of methoxy groups -OCH3 is 1. The number of hydrogen-bond acceptors (Lipinski definition) is 6. The van der Waals surface area contributed by atoms with Crippen molar-refractivity contribution in [3.05, 3.63) is 29.8 Å². The lowest BCUT2D eigenvalue weighted by Crippen LogP contribution is -2.66. The van der Waals surface area contributed by atoms with Crippen LogP contribution in [0.1, 0.15) is 18.4 Å². The van der Waals surface area contributed by atoms with Crippen molar-refractivity contribution in [2.75, 3.05) is 59.7 Å². The molecule has 1 aromatic rings. The van der Waals surface area contributed by atoms with Gasteiger partial charge in [-0.3, -0.25) is 9.69 Å². The summed E-state index contributed by atoms with van der Waals surface area (Å²) in [6.07, 6.45) is -2.41. The first-order chi connectivity index (χ1) is 16.1. The second-order valence-electron chi connectivity index (χ2n) is 8.89. The van der Waals surface area contributed by atoms with Crippen LogP contribution in [0.15, 0.2) is 24.3 Å². The molecule has 0 aliphatic carbocycles. The van der Waals surface area contributed by atoms with E-state index < -0.39 is 12.1 Å². The van der Waals surface area contributed by atoms with Crippen molar-refractivity contribution in [1.82, 2.24) is 9.80 Å². The van der Waals surface area contributed by atoms with Crippen LogP contribution in [0.2, 0.25) is 0 Å². The molecule has 0 saturated carbocycles. The Balaban J connectivity index is 0.000000406. The number of morpholine rings is 1. The van der Waals surface area contributed by atoms with Crippen molar-refractivity contribution in [3.63, 3.8) is 0 Å². The summed E-state index contributed by atoms with van der Waals surface area (Å²) in [6, 6.07) is 7.73. The predicted molar refractivity (Wildman–Crippen MR) is 116 cm³/mol. The van der Waals surface area contributed by atoms with Gasteiger partial charge < -0.3 is 24.2 Å². The van der Waals surface area contributed by atoms with Crippen LogP contribution in [-0.4, -0.2) is 98.2 Å². The van der Waals surface area contributed by atoms with Crippen LogP contribution in [0.25, 0.3) is 0 Å². The van der Waals surface area contributed by atoms with E-state index in [0.29, 0.717) is 12.3 Å². The highest BCUT2D eigenvalue weighted by Crippen LogP contribution is 2.36. The minimum absolute atomic E-state index is 0.0917. The number of nitrogens with zero attached hydrogens (tertiary/aromatic N) is 2. The van der Waals surface area contributed by atoms with E-state index in [2.05, 4.69) is 4.90 Å². The van der Waals surface area contributed by atoms with E-state index in [4.69, 9.17) is 24.1 Å². The second-order valence-corrected chi connectivity index (χ2v) is 8.89. The fourth-order valence-corrected chi connectivity index (χ4v) is 4.35. The molecule has 190 valence electrons. The predicted octanol–water partition coefficient (Wildman–Crippen LogP) is 2.21. The van der Waals surface area contributed by atoms with E-state index in [1.807, 2.05) is 29.2 Å². The molecule has 3 heterocycles. The maximum Gasteiger partial charge on any atom is 0.490 e. The Hall–Kier alpha value is -2.37. The Labute approximate surface area is 196 Å². The van der Waals surface area contributed by atoms with Gasteiger partial charge in [-0.05, 0) is 36.5 Å². The number of aliphatic carboxylic acids is 1. The standard InChI is InChI=1S/C21H30N2O4.C2HF3O2/c1-25-19-4-2-3-17(11-19)12-20(24)23-15-21(16-23)6-5-18(14-27-21)13-22-7-9-26-10-8-22;3-2(4,5)1(6)7/h2-4,11,18H,5-10,12-16H2,1H3;(H,6,7). The molecule has 8 nitrogen and oxygen atoms in total. The molecule has 3 aliphatic heterocycles. The maximum atomic E-state index is 12.6. The molecule has 1 atom stereocenters. The second kappa shape index (κ2) is 11.4. The number of likely N-dealkylation sites (tertiary alicyclic amines) is 1. The van der Waals surface area contributed by atoms with Gasteiger partial charge in [-0.15, -0.1) is 0 Å². The summed E-state index contributed by atoms with van der Waals surface area (Å²) in [7, 11) is 1.65. The van der Waals surface area contributed by atoms with Gasteiger partial charge in [0.15, 0.2) is 0 Å². The van der Waals surface area contributed by atoms with Crippen molar-refractivity contribution in [2.24, 2.45) is 5.92 Å². The normalized spacial score (nSPS) is 22.4. The van der Waals surface area contributed by atoms with E-state index >= 15 is 0 Å². The van der Waals surface area contributed by atoms with Crippen LogP contribution < -0.4 is 4.74 Å². The van der Waals surface area contributed by atoms with Gasteiger partial charge in [0, 0.05) is 19.6 Å². The lowest BCUT2D eigenvalue weighted by Gasteiger charge is -2.53. The van der Waals surface area contributed by atoms with Gasteiger partial charge in [0.25, 0.3) is 0 Å². The Bertz CT molecular complexity index is 828. The molecule has 0 aromatic heterocycles. The first-order valence-electron chi connectivity index (χ1n) is 11.2. The van der Waals surface area contributed by atoms with Crippen LogP contribution in [0, 0.1) is 5.92 Å². The number of rotatable bonds is 5. The largest absolute Gasteiger partial charge is 0.497 e. The van der Waals surface area contributed by atoms with E-state index in [9.17, 15) is 18.0 Å². The Morgan fingerprint density at radius 3 is 2.47 bits per heavy atom. The third kappa shape index (κ3) is 7.31. The van der Waals surface area contributed by atoms with Crippen LogP contribution >= 0.6 is 0 Å². The fourth-order valence-electron chi connectivity index (χ4n) is 4.35. The molecule has 4 rings (SSSR count). The molecule has 3 aliphatic rings. The minimum Gasteiger partial charge on any atom is -0.497 e. The first-order valence-corrected chi connectivity index (χ1v) is 11.2. The van der Waals surface area contributed by atoms with Crippen molar-refractivity contribution in [3.8, 4) is 5.75 Å². The van der Waals surface area contributed by atoms with Gasteiger partial charge in [0.1, 0.15) is 11.4 Å². The summed E-state index contributed by atoms with van der Waals surface area (Å²) < 4.78 is 48.6. The summed E-state index contributed by atoms with van der Waals surface area (Å²) in [5, 5.41) is 7.12. The number of benzene rings is 1. The summed E-state index contributed by atoms with van der Waals surface area (Å²) in [6.45, 7) is 7.17. The van der Waals surface area contributed by atoms with Crippen LogP contribution in [-0.2, 0) is 25.5 Å². The average molecular weight is 489 g/mol. The highest BCUT2D eigenvalue weighted by atomic mass is 19.4. The van der Waals surface area contributed by atoms with E-state index in [1.54, 1.807) is 7.11 Å². The van der Waals surface area contributed by atoms with E-state index in [0.717, 1.165) is 70.3 Å². The number of carbonyl (C=O) groups is 2. The molecular formula is C23H31F3N2O6. The Kier molecular flexibility index (Phi) is 8.78. The van der Waals surface area contributed by atoms with Crippen LogP contribution in [0.3, 0.4) is 0 Å². The Morgan fingerprint density at radius 1 is 1.24 bits per heavy atom. The van der Waals surface area contributed by atoms with Crippen LogP contribution in [0.4, 0.5) is 13.2 Å². The number of ether oxygens (including phenoxy) is 3. The fraction of sp³-hybridized carbons (Fsp3) is 0.652. The van der Waals surface area contributed by atoms with Crippen LogP contribution in [0.5, 0.6) is 5.75 Å². The van der Waals surface area contributed by atoms with Gasteiger partial charge >= 0.3 is 12.1 Å². The molecule has 11 heteroatoms. The van der Waals surface area contributed by atoms with Gasteiger partial charge in [-0.2, -0.15) is 13.2 Å². The molecule has 1 N–H and O–H groups in total. The lowest BCUT2D eigenvalue weighted by molar-refractivity contribution is -0.192. The number of halogens is 3. The Morgan fingerprint density at radius 2 is 1.91 bits per heavy atom. The average Bonchev–Trinajstić information content (AvgIpc) is 2.79. The summed E-state index contributed by atoms with van der Waals surface area (Å²) in [4.78, 5) is 25.9. The smallest absolute Gasteiger partial charge is 0.490 e. The zero-order valence-corrected chi connectivity index (χ0v) is 19.2. The van der Waals surface area contributed by atoms with Crippen molar-refractivity contribution >= 4 is 11.9 Å². The number of carbonyl (C=O) groups excluding carboxylic acids is 1. The third-order valence-corrected chi connectivity index (χ3v) is 6.30. The zero-order valence-electron chi connectivity index (χ0n) is 19.2. The van der Waals surface area contributed by atoms with E-state index in [-0.39, 0.29) is 11.5 Å². The molecule has 1 amide bonds. The van der Waals surface area contributed by atoms with Crippen molar-refractivity contribution < 1.29 is 42.1 Å². The number of alkyl halides is 3. The molecule has 1 spiro atoms. The number of carboxylic acids is 1. The monoisotopic (exact) mass is 488 g/mol. The van der Waals surface area contributed by atoms with E-state index in [1.165, 1.54) is 6.42 Å². The molecule has 3 saturated heterocycles.